The van der Waals surface area contributed by atoms with E-state index in [1.54, 1.807) is 0 Å². The van der Waals surface area contributed by atoms with Crippen molar-refractivity contribution >= 4 is 22.3 Å². The third-order valence-electron chi connectivity index (χ3n) is 2.57. The number of thiazole rings is 1. The van der Waals surface area contributed by atoms with Gasteiger partial charge in [0.05, 0.1) is 5.69 Å². The van der Waals surface area contributed by atoms with Gasteiger partial charge in [-0.25, -0.2) is 18.6 Å². The molecule has 4 nitrogen and oxygen atoms in total. The average molecular weight is 280 g/mol. The molecule has 0 aliphatic heterocycles. The van der Waals surface area contributed by atoms with E-state index in [0.29, 0.717) is 10.7 Å². The molecule has 3 aromatic rings. The summed E-state index contributed by atoms with van der Waals surface area (Å²) in [5, 5.41) is 8.83. The molecular weight excluding hydrogens is 274 g/mol. The predicted octanol–water partition coefficient (Wildman–Crippen LogP) is 3.04. The smallest absolute Gasteiger partial charge is 0.347 e. The first-order valence-electron chi connectivity index (χ1n) is 5.22. The van der Waals surface area contributed by atoms with Gasteiger partial charge in [0.25, 0.3) is 0 Å². The molecule has 0 amide bonds. The Balaban J connectivity index is 2.10. The fourth-order valence-electron chi connectivity index (χ4n) is 1.72. The molecule has 0 aliphatic carbocycles. The molecule has 0 radical (unpaired) electrons. The number of imidazole rings is 1. The number of aromatic nitrogens is 2. The molecule has 2 aromatic heterocycles. The van der Waals surface area contributed by atoms with Crippen molar-refractivity contribution in [2.45, 2.75) is 0 Å². The van der Waals surface area contributed by atoms with E-state index in [1.165, 1.54) is 22.9 Å². The summed E-state index contributed by atoms with van der Waals surface area (Å²) in [7, 11) is 0. The largest absolute Gasteiger partial charge is 0.477 e. The molecule has 1 N–H and O–H groups in total. The molecule has 1 aromatic carbocycles. The van der Waals surface area contributed by atoms with Crippen LogP contribution in [0.1, 0.15) is 9.67 Å². The number of aromatic carboxylic acids is 1. The number of fused-ring (bicyclic) bond motifs is 1. The fraction of sp³-hybridized carbons (Fsp3) is 0. The Morgan fingerprint density at radius 1 is 1.32 bits per heavy atom. The van der Waals surface area contributed by atoms with Gasteiger partial charge >= 0.3 is 5.97 Å². The van der Waals surface area contributed by atoms with Crippen LogP contribution in [0.2, 0.25) is 0 Å². The van der Waals surface area contributed by atoms with Gasteiger partial charge in [0.15, 0.2) is 4.96 Å². The van der Waals surface area contributed by atoms with Crippen molar-refractivity contribution in [1.29, 1.82) is 0 Å². The Morgan fingerprint density at radius 2 is 2.11 bits per heavy atom. The van der Waals surface area contributed by atoms with Crippen LogP contribution < -0.4 is 0 Å². The summed E-state index contributed by atoms with van der Waals surface area (Å²) < 4.78 is 27.9. The van der Waals surface area contributed by atoms with Gasteiger partial charge < -0.3 is 5.11 Å². The van der Waals surface area contributed by atoms with Crippen molar-refractivity contribution in [2.24, 2.45) is 0 Å². The highest BCUT2D eigenvalue weighted by molar-refractivity contribution is 7.18. The van der Waals surface area contributed by atoms with E-state index in [0.717, 1.165) is 23.5 Å². The molecule has 96 valence electrons. The zero-order chi connectivity index (χ0) is 13.6. The van der Waals surface area contributed by atoms with Crippen LogP contribution in [0.3, 0.4) is 0 Å². The lowest BCUT2D eigenvalue weighted by Gasteiger charge is -1.98. The van der Waals surface area contributed by atoms with Crippen molar-refractivity contribution in [3.8, 4) is 11.3 Å². The molecule has 0 aliphatic rings. The minimum atomic E-state index is -1.04. The van der Waals surface area contributed by atoms with Crippen molar-refractivity contribution in [3.63, 3.8) is 0 Å². The number of hydrogen-bond donors (Lipinski definition) is 1. The average Bonchev–Trinajstić information content (AvgIpc) is 2.86. The molecule has 0 fully saturated rings. The normalized spacial score (nSPS) is 11.1. The van der Waals surface area contributed by atoms with Crippen LogP contribution in [0.4, 0.5) is 8.78 Å². The Morgan fingerprint density at radius 3 is 2.74 bits per heavy atom. The second kappa shape index (κ2) is 4.13. The zero-order valence-corrected chi connectivity index (χ0v) is 10.1. The molecule has 0 saturated heterocycles. The predicted molar refractivity (Wildman–Crippen MR) is 65.4 cm³/mol. The zero-order valence-electron chi connectivity index (χ0n) is 9.30. The Hall–Kier alpha value is -2.28. The highest BCUT2D eigenvalue weighted by atomic mass is 32.1. The number of benzene rings is 1. The van der Waals surface area contributed by atoms with Crippen LogP contribution >= 0.6 is 11.3 Å². The minimum absolute atomic E-state index is 0.147. The van der Waals surface area contributed by atoms with Crippen LogP contribution in [-0.4, -0.2) is 20.5 Å². The number of hydrogen-bond acceptors (Lipinski definition) is 3. The fourth-order valence-corrected chi connectivity index (χ4v) is 2.53. The first-order chi connectivity index (χ1) is 9.04. The van der Waals surface area contributed by atoms with E-state index in [4.69, 9.17) is 5.11 Å². The van der Waals surface area contributed by atoms with Crippen LogP contribution in [0, 0.1) is 11.6 Å². The topological polar surface area (TPSA) is 54.6 Å². The molecule has 19 heavy (non-hydrogen) atoms. The third kappa shape index (κ3) is 1.97. The monoisotopic (exact) mass is 280 g/mol. The number of nitrogens with zero attached hydrogens (tertiary/aromatic N) is 2. The first kappa shape index (κ1) is 11.8. The summed E-state index contributed by atoms with van der Waals surface area (Å²) in [6, 6.07) is 3.23. The second-order valence-corrected chi connectivity index (χ2v) is 4.85. The first-order valence-corrected chi connectivity index (χ1v) is 6.03. The number of rotatable bonds is 2. The van der Waals surface area contributed by atoms with E-state index < -0.39 is 17.6 Å². The van der Waals surface area contributed by atoms with E-state index in [1.807, 2.05) is 0 Å². The molecular formula is C12H6F2N2O2S. The lowest BCUT2D eigenvalue weighted by Crippen LogP contribution is -1.91. The van der Waals surface area contributed by atoms with E-state index in [2.05, 4.69) is 4.98 Å². The molecule has 0 saturated carbocycles. The van der Waals surface area contributed by atoms with Gasteiger partial charge in [-0.15, -0.1) is 0 Å². The summed E-state index contributed by atoms with van der Waals surface area (Å²) >= 11 is 0.986. The Bertz CT molecular complexity index is 763. The summed E-state index contributed by atoms with van der Waals surface area (Å²) in [6.45, 7) is 0. The molecule has 3 rings (SSSR count). The molecule has 7 heteroatoms. The van der Waals surface area contributed by atoms with Crippen LogP contribution in [0.25, 0.3) is 16.2 Å². The summed E-state index contributed by atoms with van der Waals surface area (Å²) in [5.74, 6) is -2.40. The maximum absolute atomic E-state index is 13.6. The van der Waals surface area contributed by atoms with Crippen LogP contribution in [-0.2, 0) is 0 Å². The van der Waals surface area contributed by atoms with E-state index in [9.17, 15) is 13.6 Å². The van der Waals surface area contributed by atoms with Crippen molar-refractivity contribution in [1.82, 2.24) is 9.38 Å². The lowest BCUT2D eigenvalue weighted by molar-refractivity contribution is 0.0702. The van der Waals surface area contributed by atoms with Gasteiger partial charge in [-0.3, -0.25) is 4.40 Å². The highest BCUT2D eigenvalue weighted by Crippen LogP contribution is 2.26. The van der Waals surface area contributed by atoms with E-state index in [-0.39, 0.29) is 10.4 Å². The van der Waals surface area contributed by atoms with Crippen molar-refractivity contribution < 1.29 is 18.7 Å². The van der Waals surface area contributed by atoms with Crippen LogP contribution in [0.15, 0.2) is 30.6 Å². The van der Waals surface area contributed by atoms with Crippen molar-refractivity contribution in [3.05, 3.63) is 47.1 Å². The van der Waals surface area contributed by atoms with Gasteiger partial charge in [-0.05, 0) is 12.1 Å². The molecule has 0 atom stereocenters. The third-order valence-corrected chi connectivity index (χ3v) is 3.56. The lowest BCUT2D eigenvalue weighted by atomic mass is 10.1. The number of carboxylic acid groups (broad SMARTS) is 1. The van der Waals surface area contributed by atoms with Crippen LogP contribution in [0.5, 0.6) is 0 Å². The van der Waals surface area contributed by atoms with E-state index >= 15 is 0 Å². The highest BCUT2D eigenvalue weighted by Gasteiger charge is 2.14. The van der Waals surface area contributed by atoms with Gasteiger partial charge in [0.1, 0.15) is 16.5 Å². The van der Waals surface area contributed by atoms with Gasteiger partial charge in [0.2, 0.25) is 0 Å². The second-order valence-electron chi connectivity index (χ2n) is 3.84. The maximum atomic E-state index is 13.6. The SMILES string of the molecule is O=C(O)c1cn2cc(-c3ccc(F)cc3F)nc2s1. The molecule has 0 bridgehead atoms. The maximum Gasteiger partial charge on any atom is 0.347 e. The molecule has 2 heterocycles. The Labute approximate surface area is 109 Å². The van der Waals surface area contributed by atoms with Gasteiger partial charge in [-0.1, -0.05) is 11.3 Å². The quantitative estimate of drug-likeness (QED) is 0.785. The number of carbonyl (C=O) groups is 1. The number of halogens is 2. The van der Waals surface area contributed by atoms with Gasteiger partial charge in [-0.2, -0.15) is 0 Å². The molecule has 0 spiro atoms. The summed E-state index contributed by atoms with van der Waals surface area (Å²) in [6.07, 6.45) is 2.91. The minimum Gasteiger partial charge on any atom is -0.477 e. The van der Waals surface area contributed by atoms with Gasteiger partial charge in [0, 0.05) is 24.0 Å². The summed E-state index contributed by atoms with van der Waals surface area (Å²) in [4.78, 5) is 15.5. The Kier molecular flexibility index (Phi) is 2.56. The van der Waals surface area contributed by atoms with Crippen molar-refractivity contribution in [2.75, 3.05) is 0 Å². The number of carboxylic acids is 1. The standard InChI is InChI=1S/C12H6F2N2O2S/c13-6-1-2-7(8(14)3-6)9-4-16-5-10(11(17)18)19-12(16)15-9/h1-5H,(H,17,18). The molecule has 0 unspecified atom stereocenters. The summed E-state index contributed by atoms with van der Waals surface area (Å²) in [5.41, 5.74) is 0.509.